The molecule has 0 bridgehead atoms. The van der Waals surface area contributed by atoms with Gasteiger partial charge in [0.05, 0.1) is 0 Å². The van der Waals surface area contributed by atoms with Gasteiger partial charge in [0.25, 0.3) is 0 Å². The van der Waals surface area contributed by atoms with Crippen molar-refractivity contribution < 1.29 is 0 Å². The van der Waals surface area contributed by atoms with Crippen LogP contribution in [0, 0.1) is 5.92 Å². The summed E-state index contributed by atoms with van der Waals surface area (Å²) in [5.41, 5.74) is 0. The zero-order valence-corrected chi connectivity index (χ0v) is 11.9. The van der Waals surface area contributed by atoms with Gasteiger partial charge in [-0.05, 0) is 16.4 Å². The molecule has 0 fully saturated rings. The number of hydrogen-bond acceptors (Lipinski definition) is 0. The second-order valence-corrected chi connectivity index (χ2v) is 3.82. The van der Waals surface area contributed by atoms with E-state index in [0.29, 0.717) is 5.92 Å². The summed E-state index contributed by atoms with van der Waals surface area (Å²) in [4.78, 5) is 0. The predicted octanol–water partition coefficient (Wildman–Crippen LogP) is 3.98. The molecule has 0 heteroatoms. The van der Waals surface area contributed by atoms with Gasteiger partial charge < -0.3 is 0 Å². The molecular weight excluding hydrogens is 192 g/mol. The smallest absolute Gasteiger partial charge is 0.0227 e. The van der Waals surface area contributed by atoms with Crippen molar-refractivity contribution in [3.63, 3.8) is 0 Å². The Labute approximate surface area is 102 Å². The molecule has 1 aromatic carbocycles. The maximum Gasteiger partial charge on any atom is -0.0227 e. The monoisotopic (exact) mass is 220 g/mol. The van der Waals surface area contributed by atoms with E-state index in [1.807, 2.05) is 32.0 Å². The van der Waals surface area contributed by atoms with Crippen LogP contribution in [0.25, 0.3) is 12.7 Å². The highest BCUT2D eigenvalue weighted by molar-refractivity contribution is 5.27. The molecule has 1 rings (SSSR count). The second-order valence-electron chi connectivity index (χ2n) is 3.82. The third-order valence-electron chi connectivity index (χ3n) is 1.57. The molecule has 0 N–H and O–H groups in total. The van der Waals surface area contributed by atoms with Crippen molar-refractivity contribution in [3.8, 4) is 0 Å². The number of hydrogen-bond donors (Lipinski definition) is 0. The number of benzene rings is 1. The van der Waals surface area contributed by atoms with Crippen LogP contribution in [0.5, 0.6) is 0 Å². The van der Waals surface area contributed by atoms with Crippen molar-refractivity contribution >= 4 is 12.7 Å². The maximum absolute atomic E-state index is 3.94. The summed E-state index contributed by atoms with van der Waals surface area (Å²) in [6, 6.07) is 8.19. The SMILES string of the molecule is C=c1cccc/c1=C/C(C)C.CC.CCC. The second kappa shape index (κ2) is 12.0. The minimum absolute atomic E-state index is 0.595. The van der Waals surface area contributed by atoms with Crippen LogP contribution in [0.1, 0.15) is 48.0 Å². The summed E-state index contributed by atoms with van der Waals surface area (Å²) in [7, 11) is 0. The van der Waals surface area contributed by atoms with E-state index in [2.05, 4.69) is 46.4 Å². The first-order valence-corrected chi connectivity index (χ1v) is 6.37. The van der Waals surface area contributed by atoms with Crippen molar-refractivity contribution in [2.75, 3.05) is 0 Å². The van der Waals surface area contributed by atoms with Crippen LogP contribution in [-0.4, -0.2) is 0 Å². The zero-order valence-electron chi connectivity index (χ0n) is 11.9. The summed E-state index contributed by atoms with van der Waals surface area (Å²) < 4.78 is 0. The maximum atomic E-state index is 3.94. The van der Waals surface area contributed by atoms with Gasteiger partial charge in [-0.2, -0.15) is 0 Å². The van der Waals surface area contributed by atoms with Crippen molar-refractivity contribution in [2.45, 2.75) is 48.0 Å². The van der Waals surface area contributed by atoms with Gasteiger partial charge in [0.1, 0.15) is 0 Å². The molecule has 0 saturated heterocycles. The molecule has 0 amide bonds. The Kier molecular flexibility index (Phi) is 13.1. The lowest BCUT2D eigenvalue weighted by atomic mass is 10.1. The third kappa shape index (κ3) is 9.51. The fourth-order valence-electron chi connectivity index (χ4n) is 1.06. The summed E-state index contributed by atoms with van der Waals surface area (Å²) >= 11 is 0. The largest absolute Gasteiger partial charge is 0.0912 e. The van der Waals surface area contributed by atoms with Crippen LogP contribution in [0.4, 0.5) is 0 Å². The molecule has 0 heterocycles. The fourth-order valence-corrected chi connectivity index (χ4v) is 1.06. The Hall–Kier alpha value is -1.04. The standard InChI is InChI=1S/C11H14.C3H8.C2H6/c1-9(2)8-11-7-5-4-6-10(11)3;1-3-2;1-2/h4-9H,3H2,1-2H3;3H2,1-2H3;1-2H3/b11-8-;;. The van der Waals surface area contributed by atoms with Crippen LogP contribution in [0.2, 0.25) is 0 Å². The highest BCUT2D eigenvalue weighted by atomic mass is 13.9. The molecule has 1 aromatic rings. The first-order chi connectivity index (χ1) is 7.61. The van der Waals surface area contributed by atoms with Crippen LogP contribution in [-0.2, 0) is 0 Å². The molecule has 92 valence electrons. The molecular formula is C16H28. The Morgan fingerprint density at radius 2 is 1.56 bits per heavy atom. The van der Waals surface area contributed by atoms with E-state index in [-0.39, 0.29) is 0 Å². The highest BCUT2D eigenvalue weighted by Gasteiger charge is 1.85. The first kappa shape index (κ1) is 17.4. The number of rotatable bonds is 1. The molecule has 0 atom stereocenters. The molecule has 0 aliphatic heterocycles. The average molecular weight is 220 g/mol. The van der Waals surface area contributed by atoms with E-state index in [0.717, 1.165) is 5.22 Å². The van der Waals surface area contributed by atoms with E-state index in [1.54, 1.807) is 0 Å². The van der Waals surface area contributed by atoms with Gasteiger partial charge in [0.15, 0.2) is 0 Å². The van der Waals surface area contributed by atoms with Gasteiger partial charge in [-0.25, -0.2) is 0 Å². The molecule has 0 aliphatic rings. The van der Waals surface area contributed by atoms with Gasteiger partial charge >= 0.3 is 0 Å². The minimum atomic E-state index is 0.595. The molecule has 0 unspecified atom stereocenters. The minimum Gasteiger partial charge on any atom is -0.0912 e. The van der Waals surface area contributed by atoms with E-state index < -0.39 is 0 Å². The Morgan fingerprint density at radius 3 is 1.94 bits per heavy atom. The van der Waals surface area contributed by atoms with E-state index >= 15 is 0 Å². The van der Waals surface area contributed by atoms with Gasteiger partial charge in [0.2, 0.25) is 0 Å². The molecule has 0 radical (unpaired) electrons. The summed E-state index contributed by atoms with van der Waals surface area (Å²) in [5, 5.41) is 2.36. The van der Waals surface area contributed by atoms with Crippen LogP contribution in [0.3, 0.4) is 0 Å². The average Bonchev–Trinajstić information content (AvgIpc) is 2.25. The normalized spacial score (nSPS) is 10.1. The molecule has 0 aromatic heterocycles. The van der Waals surface area contributed by atoms with Gasteiger partial charge in [0, 0.05) is 0 Å². The molecule has 0 saturated carbocycles. The predicted molar refractivity (Wildman–Crippen MR) is 77.8 cm³/mol. The van der Waals surface area contributed by atoms with Gasteiger partial charge in [-0.1, -0.05) is 84.9 Å². The zero-order chi connectivity index (χ0) is 13.0. The highest BCUT2D eigenvalue weighted by Crippen LogP contribution is 1.90. The lowest BCUT2D eigenvalue weighted by Gasteiger charge is -1.93. The van der Waals surface area contributed by atoms with Crippen molar-refractivity contribution in [3.05, 3.63) is 34.7 Å². The van der Waals surface area contributed by atoms with Crippen LogP contribution >= 0.6 is 0 Å². The fraction of sp³-hybridized carbons (Fsp3) is 0.500. The lowest BCUT2D eigenvalue weighted by Crippen LogP contribution is -2.22. The van der Waals surface area contributed by atoms with Crippen molar-refractivity contribution in [1.82, 2.24) is 0 Å². The van der Waals surface area contributed by atoms with Gasteiger partial charge in [-0.3, -0.25) is 0 Å². The molecule has 0 aliphatic carbocycles. The lowest BCUT2D eigenvalue weighted by molar-refractivity contribution is 0.880. The quantitative estimate of drug-likeness (QED) is 0.671. The Morgan fingerprint density at radius 1 is 1.12 bits per heavy atom. The van der Waals surface area contributed by atoms with Crippen LogP contribution in [0.15, 0.2) is 24.3 Å². The Bertz CT molecular complexity index is 333. The van der Waals surface area contributed by atoms with Crippen molar-refractivity contribution in [2.24, 2.45) is 5.92 Å². The van der Waals surface area contributed by atoms with E-state index in [9.17, 15) is 0 Å². The Balaban J connectivity index is 0. The van der Waals surface area contributed by atoms with Crippen molar-refractivity contribution in [1.29, 1.82) is 0 Å². The van der Waals surface area contributed by atoms with E-state index in [4.69, 9.17) is 0 Å². The van der Waals surface area contributed by atoms with E-state index in [1.165, 1.54) is 11.6 Å². The topological polar surface area (TPSA) is 0 Å². The molecule has 0 nitrogen and oxygen atoms in total. The molecule has 0 spiro atoms. The van der Waals surface area contributed by atoms with Gasteiger partial charge in [-0.15, -0.1) is 0 Å². The third-order valence-corrected chi connectivity index (χ3v) is 1.57. The van der Waals surface area contributed by atoms with Crippen LogP contribution < -0.4 is 10.4 Å². The summed E-state index contributed by atoms with van der Waals surface area (Å²) in [5.74, 6) is 0.595. The summed E-state index contributed by atoms with van der Waals surface area (Å²) in [6.45, 7) is 16.5. The first-order valence-electron chi connectivity index (χ1n) is 6.37. The summed E-state index contributed by atoms with van der Waals surface area (Å²) in [6.07, 6.45) is 3.47. The molecule has 16 heavy (non-hydrogen) atoms.